The summed E-state index contributed by atoms with van der Waals surface area (Å²) in [7, 11) is -3.59. The van der Waals surface area contributed by atoms with E-state index in [1.54, 1.807) is 13.8 Å². The normalized spacial score (nSPS) is 20.7. The Balaban J connectivity index is 2.22. The van der Waals surface area contributed by atoms with Crippen molar-refractivity contribution in [3.63, 3.8) is 0 Å². The van der Waals surface area contributed by atoms with Gasteiger partial charge in [0, 0.05) is 18.7 Å². The lowest BCUT2D eigenvalue weighted by atomic mass is 10.0. The van der Waals surface area contributed by atoms with Gasteiger partial charge in [-0.2, -0.15) is 0 Å². The molecule has 0 radical (unpaired) electrons. The van der Waals surface area contributed by atoms with E-state index in [0.29, 0.717) is 29.5 Å². The molecular weight excluding hydrogens is 288 g/mol. The molecule has 1 aromatic heterocycles. The molecule has 0 amide bonds. The maximum Gasteiger partial charge on any atom is 0.244 e. The van der Waals surface area contributed by atoms with Crippen LogP contribution in [0.1, 0.15) is 44.8 Å². The third-order valence-corrected chi connectivity index (χ3v) is 7.21. The van der Waals surface area contributed by atoms with E-state index in [1.807, 2.05) is 0 Å². The Bertz CT molecular complexity index is 643. The SMILES string of the molecule is Cc1oc(C)c(S(=O)(=O)NCC2C(C)(C)C2(C)C)c1CN. The zero-order valence-electron chi connectivity index (χ0n) is 13.7. The van der Waals surface area contributed by atoms with Crippen LogP contribution < -0.4 is 10.5 Å². The monoisotopic (exact) mass is 314 g/mol. The number of sulfonamides is 1. The predicted octanol–water partition coefficient (Wildman–Crippen LogP) is 2.32. The minimum Gasteiger partial charge on any atom is -0.465 e. The van der Waals surface area contributed by atoms with Gasteiger partial charge in [0.25, 0.3) is 0 Å². The molecule has 1 saturated carbocycles. The Morgan fingerprint density at radius 2 is 1.67 bits per heavy atom. The molecule has 2 rings (SSSR count). The van der Waals surface area contributed by atoms with Crippen LogP contribution in [0.15, 0.2) is 9.31 Å². The van der Waals surface area contributed by atoms with Crippen LogP contribution in [0.25, 0.3) is 0 Å². The van der Waals surface area contributed by atoms with Crippen molar-refractivity contribution in [2.45, 2.75) is 53.0 Å². The summed E-state index contributed by atoms with van der Waals surface area (Å²) in [6.45, 7) is 12.7. The fraction of sp³-hybridized carbons (Fsp3) is 0.733. The first kappa shape index (κ1) is 16.5. The molecule has 6 heteroatoms. The molecule has 0 saturated heterocycles. The lowest BCUT2D eigenvalue weighted by Crippen LogP contribution is -2.28. The van der Waals surface area contributed by atoms with Crippen molar-refractivity contribution in [3.8, 4) is 0 Å². The molecular formula is C15H26N2O3S. The molecule has 0 aliphatic heterocycles. The van der Waals surface area contributed by atoms with Crippen LogP contribution in [0.3, 0.4) is 0 Å². The van der Waals surface area contributed by atoms with Gasteiger partial charge in [0.15, 0.2) is 0 Å². The van der Waals surface area contributed by atoms with Crippen LogP contribution in [-0.4, -0.2) is 15.0 Å². The summed E-state index contributed by atoms with van der Waals surface area (Å²) in [5, 5.41) is 0. The maximum absolute atomic E-state index is 12.6. The second-order valence-corrected chi connectivity index (χ2v) is 8.78. The molecule has 120 valence electrons. The van der Waals surface area contributed by atoms with Gasteiger partial charge in [0.1, 0.15) is 16.4 Å². The standard InChI is InChI=1S/C15H26N2O3S/c1-9-11(7-16)13(10(2)20-9)21(18,19)17-8-12-14(3,4)15(12,5)6/h12,17H,7-8,16H2,1-6H3. The average molecular weight is 314 g/mol. The summed E-state index contributed by atoms with van der Waals surface area (Å²) in [6, 6.07) is 0. The third kappa shape index (κ3) is 2.43. The first-order chi connectivity index (χ1) is 9.46. The summed E-state index contributed by atoms with van der Waals surface area (Å²) >= 11 is 0. The van der Waals surface area contributed by atoms with Crippen molar-refractivity contribution < 1.29 is 12.8 Å². The van der Waals surface area contributed by atoms with Crippen molar-refractivity contribution in [2.24, 2.45) is 22.5 Å². The number of nitrogens with one attached hydrogen (secondary N) is 1. The first-order valence-corrected chi connectivity index (χ1v) is 8.73. The molecule has 1 aliphatic rings. The van der Waals surface area contributed by atoms with Crippen molar-refractivity contribution in [2.75, 3.05) is 6.54 Å². The molecule has 21 heavy (non-hydrogen) atoms. The van der Waals surface area contributed by atoms with E-state index in [9.17, 15) is 8.42 Å². The Kier molecular flexibility index (Phi) is 3.80. The zero-order chi connectivity index (χ0) is 16.2. The highest BCUT2D eigenvalue weighted by molar-refractivity contribution is 7.89. The number of hydrogen-bond donors (Lipinski definition) is 2. The first-order valence-electron chi connectivity index (χ1n) is 7.25. The van der Waals surface area contributed by atoms with E-state index in [2.05, 4.69) is 32.4 Å². The Labute approximate surface area is 127 Å². The average Bonchev–Trinajstić information content (AvgIpc) is 2.60. The van der Waals surface area contributed by atoms with Gasteiger partial charge in [-0.1, -0.05) is 27.7 Å². The number of hydrogen-bond acceptors (Lipinski definition) is 4. The highest BCUT2D eigenvalue weighted by Crippen LogP contribution is 2.68. The van der Waals surface area contributed by atoms with Gasteiger partial charge in [-0.25, -0.2) is 13.1 Å². The fourth-order valence-corrected chi connectivity index (χ4v) is 4.91. The quantitative estimate of drug-likeness (QED) is 0.873. The number of rotatable bonds is 5. The Morgan fingerprint density at radius 3 is 2.10 bits per heavy atom. The minimum absolute atomic E-state index is 0.146. The predicted molar refractivity (Wildman–Crippen MR) is 82.3 cm³/mol. The highest BCUT2D eigenvalue weighted by Gasteiger charge is 2.64. The molecule has 0 spiro atoms. The van der Waals surface area contributed by atoms with E-state index < -0.39 is 10.0 Å². The number of furan rings is 1. The molecule has 0 atom stereocenters. The largest absolute Gasteiger partial charge is 0.465 e. The van der Waals surface area contributed by atoms with E-state index in [0.717, 1.165) is 0 Å². The molecule has 0 unspecified atom stereocenters. The molecule has 0 aromatic carbocycles. The van der Waals surface area contributed by atoms with Crippen LogP contribution in [-0.2, 0) is 16.6 Å². The van der Waals surface area contributed by atoms with Crippen LogP contribution in [0.4, 0.5) is 0 Å². The fourth-order valence-electron chi connectivity index (χ4n) is 3.41. The lowest BCUT2D eigenvalue weighted by molar-refractivity contribution is 0.457. The van der Waals surface area contributed by atoms with Gasteiger partial charge in [0.05, 0.1) is 0 Å². The number of aryl methyl sites for hydroxylation is 2. The molecule has 1 aliphatic carbocycles. The highest BCUT2D eigenvalue weighted by atomic mass is 32.2. The topological polar surface area (TPSA) is 85.3 Å². The molecule has 1 heterocycles. The van der Waals surface area contributed by atoms with Crippen LogP contribution in [0.2, 0.25) is 0 Å². The van der Waals surface area contributed by atoms with Gasteiger partial charge in [-0.15, -0.1) is 0 Å². The van der Waals surface area contributed by atoms with Gasteiger partial charge >= 0.3 is 0 Å². The van der Waals surface area contributed by atoms with Crippen molar-refractivity contribution in [3.05, 3.63) is 17.1 Å². The van der Waals surface area contributed by atoms with Gasteiger partial charge < -0.3 is 10.2 Å². The van der Waals surface area contributed by atoms with E-state index in [-0.39, 0.29) is 22.3 Å². The van der Waals surface area contributed by atoms with Crippen molar-refractivity contribution in [1.82, 2.24) is 4.72 Å². The van der Waals surface area contributed by atoms with E-state index >= 15 is 0 Å². The molecule has 1 aromatic rings. The smallest absolute Gasteiger partial charge is 0.244 e. The Morgan fingerprint density at radius 1 is 1.14 bits per heavy atom. The molecule has 0 bridgehead atoms. The third-order valence-electron chi connectivity index (χ3n) is 5.59. The summed E-state index contributed by atoms with van der Waals surface area (Å²) in [5.41, 5.74) is 6.52. The molecule has 5 nitrogen and oxygen atoms in total. The zero-order valence-corrected chi connectivity index (χ0v) is 14.5. The minimum atomic E-state index is -3.59. The lowest BCUT2D eigenvalue weighted by Gasteiger charge is -2.08. The van der Waals surface area contributed by atoms with E-state index in [1.165, 1.54) is 0 Å². The molecule has 3 N–H and O–H groups in total. The van der Waals surface area contributed by atoms with Crippen LogP contribution >= 0.6 is 0 Å². The molecule has 1 fully saturated rings. The summed E-state index contributed by atoms with van der Waals surface area (Å²) in [4.78, 5) is 0.207. The second kappa shape index (κ2) is 4.83. The van der Waals surface area contributed by atoms with Gasteiger partial charge in [0.2, 0.25) is 10.0 Å². The van der Waals surface area contributed by atoms with Crippen LogP contribution in [0.5, 0.6) is 0 Å². The number of nitrogens with two attached hydrogens (primary N) is 1. The van der Waals surface area contributed by atoms with Gasteiger partial charge in [-0.3, -0.25) is 0 Å². The maximum atomic E-state index is 12.6. The van der Waals surface area contributed by atoms with Crippen molar-refractivity contribution in [1.29, 1.82) is 0 Å². The second-order valence-electron chi connectivity index (χ2n) is 7.07. The van der Waals surface area contributed by atoms with E-state index in [4.69, 9.17) is 10.2 Å². The Hall–Kier alpha value is -0.850. The van der Waals surface area contributed by atoms with Gasteiger partial charge in [-0.05, 0) is 30.6 Å². The van der Waals surface area contributed by atoms with Crippen molar-refractivity contribution >= 4 is 10.0 Å². The van der Waals surface area contributed by atoms with Crippen LogP contribution in [0, 0.1) is 30.6 Å². The summed E-state index contributed by atoms with van der Waals surface area (Å²) < 4.78 is 33.3. The summed E-state index contributed by atoms with van der Waals surface area (Å²) in [5.74, 6) is 1.30. The summed E-state index contributed by atoms with van der Waals surface area (Å²) in [6.07, 6.45) is 0.